The van der Waals surface area contributed by atoms with Crippen molar-refractivity contribution in [1.82, 2.24) is 5.32 Å². The van der Waals surface area contributed by atoms with Gasteiger partial charge in [-0.2, -0.15) is 0 Å². The van der Waals surface area contributed by atoms with Crippen LogP contribution in [0.25, 0.3) is 0 Å². The first-order chi connectivity index (χ1) is 12.5. The number of carboxylic acid groups (broad SMARTS) is 1. The molecule has 1 aromatic carbocycles. The van der Waals surface area contributed by atoms with Crippen LogP contribution in [0.15, 0.2) is 24.3 Å². The fourth-order valence-corrected chi connectivity index (χ4v) is 3.59. The van der Waals surface area contributed by atoms with E-state index >= 15 is 0 Å². The minimum absolute atomic E-state index is 0.0182. The number of rotatable bonds is 5. The Kier molecular flexibility index (Phi) is 5.44. The van der Waals surface area contributed by atoms with Crippen molar-refractivity contribution in [3.05, 3.63) is 24.3 Å². The molecule has 1 aliphatic heterocycles. The Morgan fingerprint density at radius 3 is 2.62 bits per heavy atom. The molecule has 26 heavy (non-hydrogen) atoms. The maximum absolute atomic E-state index is 12.4. The summed E-state index contributed by atoms with van der Waals surface area (Å²) in [5.74, 6) is -0.681. The molecule has 1 fully saturated rings. The summed E-state index contributed by atoms with van der Waals surface area (Å²) in [4.78, 5) is 37.3. The lowest BCUT2D eigenvalue weighted by Crippen LogP contribution is -2.46. The molecule has 2 N–H and O–H groups in total. The van der Waals surface area contributed by atoms with Gasteiger partial charge in [0.15, 0.2) is 6.10 Å². The molecule has 2 amide bonds. The van der Waals surface area contributed by atoms with E-state index < -0.39 is 12.1 Å². The van der Waals surface area contributed by atoms with Crippen LogP contribution in [0.1, 0.15) is 39.0 Å². The number of nitrogens with zero attached hydrogens (tertiary/aromatic N) is 1. The van der Waals surface area contributed by atoms with E-state index in [9.17, 15) is 14.4 Å². The highest BCUT2D eigenvalue weighted by Crippen LogP contribution is 2.33. The van der Waals surface area contributed by atoms with Crippen LogP contribution >= 0.6 is 0 Å². The molecule has 0 spiro atoms. The molecule has 140 valence electrons. The van der Waals surface area contributed by atoms with Gasteiger partial charge in [0.25, 0.3) is 5.91 Å². The Morgan fingerprint density at radius 1 is 1.23 bits per heavy atom. The van der Waals surface area contributed by atoms with Crippen molar-refractivity contribution in [3.8, 4) is 5.75 Å². The van der Waals surface area contributed by atoms with Gasteiger partial charge in [0.2, 0.25) is 5.91 Å². The average Bonchev–Trinajstić information content (AvgIpc) is 2.62. The Labute approximate surface area is 152 Å². The van der Waals surface area contributed by atoms with Gasteiger partial charge >= 0.3 is 5.97 Å². The molecule has 7 nitrogen and oxygen atoms in total. The van der Waals surface area contributed by atoms with Gasteiger partial charge in [0, 0.05) is 19.0 Å². The minimum Gasteiger partial charge on any atom is -0.481 e. The molecule has 0 bridgehead atoms. The second-order valence-electron chi connectivity index (χ2n) is 6.92. The van der Waals surface area contributed by atoms with Crippen LogP contribution in [0.5, 0.6) is 5.75 Å². The third-order valence-corrected chi connectivity index (χ3v) is 5.08. The number of nitrogens with one attached hydrogen (secondary N) is 1. The van der Waals surface area contributed by atoms with E-state index in [4.69, 9.17) is 9.84 Å². The summed E-state index contributed by atoms with van der Waals surface area (Å²) in [7, 11) is 0. The van der Waals surface area contributed by atoms with Gasteiger partial charge in [-0.3, -0.25) is 14.4 Å². The topological polar surface area (TPSA) is 95.9 Å². The molecule has 0 unspecified atom stereocenters. The number of fused-ring (bicyclic) bond motifs is 1. The van der Waals surface area contributed by atoms with E-state index in [1.54, 1.807) is 11.8 Å². The number of hydrogen-bond acceptors (Lipinski definition) is 4. The average molecular weight is 360 g/mol. The van der Waals surface area contributed by atoms with E-state index in [-0.39, 0.29) is 30.2 Å². The van der Waals surface area contributed by atoms with Crippen LogP contribution in [0, 0.1) is 5.92 Å². The number of carbonyl (C=O) groups excluding carboxylic acids is 2. The predicted octanol–water partition coefficient (Wildman–Crippen LogP) is 1.95. The third-order valence-electron chi connectivity index (χ3n) is 5.08. The van der Waals surface area contributed by atoms with Crippen molar-refractivity contribution < 1.29 is 24.2 Å². The van der Waals surface area contributed by atoms with Crippen LogP contribution in [0.3, 0.4) is 0 Å². The highest BCUT2D eigenvalue weighted by atomic mass is 16.5. The van der Waals surface area contributed by atoms with Crippen molar-refractivity contribution >= 4 is 23.5 Å². The number of carbonyl (C=O) groups is 3. The van der Waals surface area contributed by atoms with E-state index in [0.29, 0.717) is 43.7 Å². The lowest BCUT2D eigenvalue weighted by molar-refractivity contribution is -0.142. The molecule has 1 saturated carbocycles. The number of hydrogen-bond donors (Lipinski definition) is 2. The third kappa shape index (κ3) is 3.98. The van der Waals surface area contributed by atoms with Gasteiger partial charge < -0.3 is 20.1 Å². The quantitative estimate of drug-likeness (QED) is 0.837. The summed E-state index contributed by atoms with van der Waals surface area (Å²) in [6.45, 7) is 1.99. The Balaban J connectivity index is 1.53. The van der Waals surface area contributed by atoms with Gasteiger partial charge in [0.1, 0.15) is 5.75 Å². The number of benzene rings is 1. The fraction of sp³-hybridized carbons (Fsp3) is 0.526. The Morgan fingerprint density at radius 2 is 1.92 bits per heavy atom. The van der Waals surface area contributed by atoms with Crippen molar-refractivity contribution in [3.63, 3.8) is 0 Å². The Hall–Kier alpha value is -2.57. The highest BCUT2D eigenvalue weighted by molar-refractivity contribution is 6.00. The summed E-state index contributed by atoms with van der Waals surface area (Å²) < 4.78 is 5.59. The van der Waals surface area contributed by atoms with Gasteiger partial charge in [-0.15, -0.1) is 0 Å². The molecule has 7 heteroatoms. The van der Waals surface area contributed by atoms with Crippen LogP contribution in [-0.4, -0.2) is 41.6 Å². The van der Waals surface area contributed by atoms with Crippen molar-refractivity contribution in [2.45, 2.75) is 51.2 Å². The minimum atomic E-state index is -0.756. The second kappa shape index (κ2) is 7.76. The van der Waals surface area contributed by atoms with Crippen LogP contribution in [0.2, 0.25) is 0 Å². The molecule has 2 aliphatic rings. The maximum atomic E-state index is 12.4. The van der Waals surface area contributed by atoms with E-state index in [1.165, 1.54) is 0 Å². The first-order valence-corrected chi connectivity index (χ1v) is 9.05. The second-order valence-corrected chi connectivity index (χ2v) is 6.92. The zero-order valence-corrected chi connectivity index (χ0v) is 14.8. The zero-order valence-electron chi connectivity index (χ0n) is 14.8. The number of amides is 2. The molecule has 3 rings (SSSR count). The molecule has 1 heterocycles. The van der Waals surface area contributed by atoms with E-state index in [2.05, 4.69) is 5.32 Å². The highest BCUT2D eigenvalue weighted by Gasteiger charge is 2.32. The summed E-state index contributed by atoms with van der Waals surface area (Å²) >= 11 is 0. The first kappa shape index (κ1) is 18.2. The summed E-state index contributed by atoms with van der Waals surface area (Å²) in [5.41, 5.74) is 0.686. The number of aliphatic carboxylic acids is 1. The van der Waals surface area contributed by atoms with Gasteiger partial charge in [-0.25, -0.2) is 0 Å². The molecule has 1 aromatic rings. The molecule has 0 radical (unpaired) electrons. The summed E-state index contributed by atoms with van der Waals surface area (Å²) in [6.07, 6.45) is 2.17. The number of carboxylic acids is 1. The van der Waals surface area contributed by atoms with Crippen LogP contribution < -0.4 is 15.0 Å². The standard InChI is InChI=1S/C19H24N2O5/c1-12-18(23)21(15-4-2-3-5-16(15)26-12)11-10-17(22)20-14-8-6-13(7-9-14)19(24)25/h2-5,12-14H,6-11H2,1H3,(H,20,22)(H,24,25)/t12-,13?,14?/m1/s1. The number of para-hydroxylation sites is 2. The summed E-state index contributed by atoms with van der Waals surface area (Å²) in [5, 5.41) is 12.0. The fourth-order valence-electron chi connectivity index (χ4n) is 3.59. The first-order valence-electron chi connectivity index (χ1n) is 9.05. The van der Waals surface area contributed by atoms with Crippen molar-refractivity contribution in [1.29, 1.82) is 0 Å². The van der Waals surface area contributed by atoms with E-state index in [0.717, 1.165) is 0 Å². The normalized spacial score (nSPS) is 25.2. The smallest absolute Gasteiger partial charge is 0.306 e. The van der Waals surface area contributed by atoms with Crippen LogP contribution in [0.4, 0.5) is 5.69 Å². The lowest BCUT2D eigenvalue weighted by Gasteiger charge is -2.33. The lowest BCUT2D eigenvalue weighted by atomic mass is 9.86. The molecular weight excluding hydrogens is 336 g/mol. The monoisotopic (exact) mass is 360 g/mol. The van der Waals surface area contributed by atoms with Gasteiger partial charge in [0.05, 0.1) is 11.6 Å². The van der Waals surface area contributed by atoms with Crippen molar-refractivity contribution in [2.24, 2.45) is 5.92 Å². The SMILES string of the molecule is C[C@H]1Oc2ccccc2N(CCC(=O)NC2CCC(C(=O)O)CC2)C1=O. The molecule has 0 saturated heterocycles. The molecular formula is C19H24N2O5. The molecule has 1 aliphatic carbocycles. The number of ether oxygens (including phenoxy) is 1. The summed E-state index contributed by atoms with van der Waals surface area (Å²) in [6, 6.07) is 7.32. The largest absolute Gasteiger partial charge is 0.481 e. The van der Waals surface area contributed by atoms with E-state index in [1.807, 2.05) is 24.3 Å². The van der Waals surface area contributed by atoms with Crippen LogP contribution in [-0.2, 0) is 14.4 Å². The maximum Gasteiger partial charge on any atom is 0.306 e. The van der Waals surface area contributed by atoms with Crippen molar-refractivity contribution in [2.75, 3.05) is 11.4 Å². The zero-order chi connectivity index (χ0) is 18.7. The number of anilines is 1. The molecule has 0 aromatic heterocycles. The van der Waals surface area contributed by atoms with Gasteiger partial charge in [-0.1, -0.05) is 12.1 Å². The predicted molar refractivity (Wildman–Crippen MR) is 95.0 cm³/mol. The van der Waals surface area contributed by atoms with Gasteiger partial charge in [-0.05, 0) is 44.7 Å². The Bertz CT molecular complexity index is 697. The molecule has 1 atom stereocenters.